The highest BCUT2D eigenvalue weighted by molar-refractivity contribution is 5.92. The van der Waals surface area contributed by atoms with Crippen molar-refractivity contribution in [1.82, 2.24) is 9.80 Å². The molecule has 1 amide bonds. The summed E-state index contributed by atoms with van der Waals surface area (Å²) < 4.78 is 61.6. The van der Waals surface area contributed by atoms with Crippen LogP contribution in [0.15, 0.2) is 42.5 Å². The topological polar surface area (TPSA) is 77.5 Å². The average molecular weight is 629 g/mol. The standard InChI is InChI=1S/C34H39F3N2O6/c1-20(2)19-39(28(41)12-9-22-7-6-8-24(17-22)45-34(35,36)37)25-13-14-33(44-21(3)40)27-18-23-10-11-26(42-5)30-29(23)32(33,31(25)43-30)15-16-38(27)4/h6-12,17,20,25,27,31H,13-16,18-19H2,1-5H3/b12-9+/t25?,27-,31?,32+,33-/m1/s1. The predicted octanol–water partition coefficient (Wildman–Crippen LogP) is 5.52. The monoisotopic (exact) mass is 628 g/mol. The van der Waals surface area contributed by atoms with E-state index in [1.165, 1.54) is 37.3 Å². The van der Waals surface area contributed by atoms with E-state index in [1.807, 2.05) is 24.8 Å². The van der Waals surface area contributed by atoms with E-state index in [-0.39, 0.29) is 35.6 Å². The van der Waals surface area contributed by atoms with Gasteiger partial charge in [0.05, 0.1) is 24.6 Å². The van der Waals surface area contributed by atoms with Crippen molar-refractivity contribution in [3.8, 4) is 17.2 Å². The van der Waals surface area contributed by atoms with Gasteiger partial charge in [0.15, 0.2) is 11.5 Å². The highest BCUT2D eigenvalue weighted by atomic mass is 19.4. The Morgan fingerprint density at radius 2 is 1.98 bits per heavy atom. The van der Waals surface area contributed by atoms with Crippen molar-refractivity contribution in [3.63, 3.8) is 0 Å². The smallest absolute Gasteiger partial charge is 0.493 e. The van der Waals surface area contributed by atoms with Gasteiger partial charge in [-0.25, -0.2) is 0 Å². The second-order valence-electron chi connectivity index (χ2n) is 13.0. The number of hydrogen-bond acceptors (Lipinski definition) is 7. The third-order valence-electron chi connectivity index (χ3n) is 9.94. The first-order valence-corrected chi connectivity index (χ1v) is 15.4. The molecular weight excluding hydrogens is 589 g/mol. The lowest BCUT2D eigenvalue weighted by atomic mass is 9.48. The van der Waals surface area contributed by atoms with E-state index in [4.69, 9.17) is 14.2 Å². The van der Waals surface area contributed by atoms with Crippen molar-refractivity contribution in [1.29, 1.82) is 0 Å². The number of likely N-dealkylation sites (N-methyl/N-ethyl adjacent to an activating group) is 1. The molecule has 0 N–H and O–H groups in total. The van der Waals surface area contributed by atoms with Gasteiger partial charge in [0.1, 0.15) is 17.5 Å². The third-order valence-corrected chi connectivity index (χ3v) is 9.94. The summed E-state index contributed by atoms with van der Waals surface area (Å²) in [5, 5.41) is 0. The molecule has 2 bridgehead atoms. The summed E-state index contributed by atoms with van der Waals surface area (Å²) >= 11 is 0. The van der Waals surface area contributed by atoms with Gasteiger partial charge in [-0.05, 0) is 80.6 Å². The number of hydrogen-bond donors (Lipinski definition) is 0. The lowest BCUT2D eigenvalue weighted by Gasteiger charge is -2.65. The number of alkyl halides is 3. The third kappa shape index (κ3) is 5.13. The molecule has 8 nitrogen and oxygen atoms in total. The highest BCUT2D eigenvalue weighted by Gasteiger charge is 2.75. The molecular formula is C34H39F3N2O6. The van der Waals surface area contributed by atoms with Crippen LogP contribution in [-0.4, -0.2) is 79.1 Å². The van der Waals surface area contributed by atoms with Gasteiger partial charge in [0.25, 0.3) is 0 Å². The number of rotatable bonds is 8. The minimum atomic E-state index is -4.82. The normalized spacial score (nSPS) is 28.4. The number of carbonyl (C=O) groups excluding carboxylic acids is 2. The van der Waals surface area contributed by atoms with Crippen molar-refractivity contribution >= 4 is 18.0 Å². The number of ether oxygens (including phenoxy) is 4. The van der Waals surface area contributed by atoms with Crippen molar-refractivity contribution in [2.24, 2.45) is 5.92 Å². The van der Waals surface area contributed by atoms with Gasteiger partial charge >= 0.3 is 12.3 Å². The Kier molecular flexibility index (Phi) is 7.82. The molecule has 0 aromatic heterocycles. The average Bonchev–Trinajstić information content (AvgIpc) is 3.31. The summed E-state index contributed by atoms with van der Waals surface area (Å²) in [5.74, 6) is 0.392. The maximum absolute atomic E-state index is 14.0. The van der Waals surface area contributed by atoms with Gasteiger partial charge in [-0.1, -0.05) is 32.0 Å². The SMILES string of the molecule is COc1ccc2c3c1OC1C(N(CC(C)C)C(=O)/C=C/c4cccc(OC(F)(F)F)c4)CC[C@@]4(OC(C)=O)[C@@H](C2)N(C)CC[C@]314. The Balaban J connectivity index is 1.41. The molecule has 11 heteroatoms. The number of esters is 1. The van der Waals surface area contributed by atoms with Gasteiger partial charge in [0.2, 0.25) is 5.91 Å². The van der Waals surface area contributed by atoms with E-state index < -0.39 is 23.5 Å². The number of nitrogens with zero attached hydrogens (tertiary/aromatic N) is 2. The second-order valence-corrected chi connectivity index (χ2v) is 13.0. The summed E-state index contributed by atoms with van der Waals surface area (Å²) in [6, 6.07) is 9.08. The van der Waals surface area contributed by atoms with E-state index in [1.54, 1.807) is 13.2 Å². The Bertz CT molecular complexity index is 1530. The molecule has 6 rings (SSSR count). The lowest BCUT2D eigenvalue weighted by molar-refractivity contribution is -0.274. The van der Waals surface area contributed by atoms with E-state index in [9.17, 15) is 22.8 Å². The molecule has 1 saturated heterocycles. The first-order valence-electron chi connectivity index (χ1n) is 15.4. The molecule has 242 valence electrons. The van der Waals surface area contributed by atoms with E-state index in [0.29, 0.717) is 49.3 Å². The number of likely N-dealkylation sites (tertiary alicyclic amines) is 1. The first kappa shape index (κ1) is 31.3. The van der Waals surface area contributed by atoms with Crippen LogP contribution in [0.5, 0.6) is 17.2 Å². The largest absolute Gasteiger partial charge is 0.573 e. The van der Waals surface area contributed by atoms with Gasteiger partial charge in [-0.3, -0.25) is 14.5 Å². The molecule has 0 radical (unpaired) electrons. The van der Waals surface area contributed by atoms with Crippen molar-refractivity contribution in [2.45, 2.75) is 82.0 Å². The second kappa shape index (κ2) is 11.3. The molecule has 2 aromatic rings. The molecule has 1 saturated carbocycles. The van der Waals surface area contributed by atoms with Gasteiger partial charge in [-0.15, -0.1) is 13.2 Å². The van der Waals surface area contributed by atoms with Crippen molar-refractivity contribution in [2.75, 3.05) is 27.2 Å². The zero-order valence-electron chi connectivity index (χ0n) is 26.1. The molecule has 5 atom stereocenters. The van der Waals surface area contributed by atoms with Crippen LogP contribution in [0.3, 0.4) is 0 Å². The molecule has 2 aromatic carbocycles. The number of piperidine rings is 1. The number of halogens is 3. The molecule has 45 heavy (non-hydrogen) atoms. The Morgan fingerprint density at radius 1 is 1.20 bits per heavy atom. The van der Waals surface area contributed by atoms with Gasteiger partial charge in [-0.2, -0.15) is 0 Å². The number of methoxy groups -OCH3 is 1. The lowest BCUT2D eigenvalue weighted by Crippen LogP contribution is -2.79. The minimum absolute atomic E-state index is 0.0608. The summed E-state index contributed by atoms with van der Waals surface area (Å²) in [7, 11) is 3.68. The molecule has 2 aliphatic heterocycles. The van der Waals surface area contributed by atoms with Crippen LogP contribution in [0.25, 0.3) is 6.08 Å². The maximum Gasteiger partial charge on any atom is 0.573 e. The quantitative estimate of drug-likeness (QED) is 0.282. The van der Waals surface area contributed by atoms with Crippen LogP contribution in [-0.2, 0) is 26.2 Å². The fraction of sp³-hybridized carbons (Fsp3) is 0.529. The Hall–Kier alpha value is -3.73. The van der Waals surface area contributed by atoms with Gasteiger partial charge in [0, 0.05) is 25.1 Å². The van der Waals surface area contributed by atoms with Crippen LogP contribution in [0.1, 0.15) is 56.7 Å². The fourth-order valence-electron chi connectivity index (χ4n) is 8.49. The number of amides is 1. The fourth-order valence-corrected chi connectivity index (χ4v) is 8.49. The predicted molar refractivity (Wildman–Crippen MR) is 160 cm³/mol. The highest BCUT2D eigenvalue weighted by Crippen LogP contribution is 2.67. The molecule has 2 heterocycles. The molecule has 2 fully saturated rings. The van der Waals surface area contributed by atoms with Crippen molar-refractivity contribution < 1.29 is 41.7 Å². The summed E-state index contributed by atoms with van der Waals surface area (Å²) in [5.41, 5.74) is 1.01. The van der Waals surface area contributed by atoms with Crippen LogP contribution in [0, 0.1) is 5.92 Å². The number of carbonyl (C=O) groups is 2. The zero-order valence-corrected chi connectivity index (χ0v) is 26.1. The van der Waals surface area contributed by atoms with Crippen LogP contribution in [0.4, 0.5) is 13.2 Å². The Morgan fingerprint density at radius 3 is 2.67 bits per heavy atom. The van der Waals surface area contributed by atoms with Crippen LogP contribution in [0.2, 0.25) is 0 Å². The summed E-state index contributed by atoms with van der Waals surface area (Å²) in [6.45, 7) is 6.72. The first-order chi connectivity index (χ1) is 21.3. The van der Waals surface area contributed by atoms with E-state index >= 15 is 0 Å². The summed E-state index contributed by atoms with van der Waals surface area (Å²) in [4.78, 5) is 31.0. The molecule has 4 aliphatic rings. The summed E-state index contributed by atoms with van der Waals surface area (Å²) in [6.07, 6.45) is 0.0311. The minimum Gasteiger partial charge on any atom is -0.493 e. The van der Waals surface area contributed by atoms with E-state index in [2.05, 4.69) is 22.8 Å². The van der Waals surface area contributed by atoms with Gasteiger partial charge < -0.3 is 23.8 Å². The van der Waals surface area contributed by atoms with Crippen molar-refractivity contribution in [3.05, 3.63) is 59.2 Å². The van der Waals surface area contributed by atoms with Crippen LogP contribution >= 0.6 is 0 Å². The molecule has 2 aliphatic carbocycles. The zero-order chi connectivity index (χ0) is 32.3. The van der Waals surface area contributed by atoms with E-state index in [0.717, 1.165) is 17.7 Å². The van der Waals surface area contributed by atoms with Crippen LogP contribution < -0.4 is 14.2 Å². The maximum atomic E-state index is 14.0. The number of benzene rings is 2. The molecule has 1 spiro atoms. The Labute approximate surface area is 261 Å². The molecule has 2 unspecified atom stereocenters.